The van der Waals surface area contributed by atoms with Crippen molar-refractivity contribution < 1.29 is 80.2 Å². The minimum atomic E-state index is -4.96. The number of rotatable bonds is 73. The summed E-state index contributed by atoms with van der Waals surface area (Å²) in [5, 5.41) is 10.6. The van der Waals surface area contributed by atoms with Gasteiger partial charge in [0, 0.05) is 25.7 Å². The molecule has 0 aliphatic carbocycles. The molecule has 0 aromatic heterocycles. The van der Waals surface area contributed by atoms with Gasteiger partial charge in [0.25, 0.3) is 0 Å². The summed E-state index contributed by atoms with van der Waals surface area (Å²) in [6.07, 6.45) is 51.1. The maximum Gasteiger partial charge on any atom is 0.472 e. The van der Waals surface area contributed by atoms with Crippen LogP contribution in [-0.2, 0) is 65.4 Å². The Morgan fingerprint density at radius 1 is 0.309 bits per heavy atom. The molecule has 0 saturated carbocycles. The summed E-state index contributed by atoms with van der Waals surface area (Å²) >= 11 is 0. The molecule has 0 aromatic carbocycles. The van der Waals surface area contributed by atoms with Crippen LogP contribution in [-0.4, -0.2) is 96.7 Å². The minimum absolute atomic E-state index is 0.106. The van der Waals surface area contributed by atoms with Gasteiger partial charge in [-0.3, -0.25) is 37.3 Å². The molecular weight excluding hydrogens is 1230 g/mol. The Labute approximate surface area is 575 Å². The van der Waals surface area contributed by atoms with E-state index in [-0.39, 0.29) is 25.7 Å². The maximum absolute atomic E-state index is 13.1. The molecule has 0 amide bonds. The maximum atomic E-state index is 13.1. The summed E-state index contributed by atoms with van der Waals surface area (Å²) in [5.41, 5.74) is 0. The van der Waals surface area contributed by atoms with Crippen LogP contribution in [0.15, 0.2) is 0 Å². The van der Waals surface area contributed by atoms with Gasteiger partial charge in [0.1, 0.15) is 19.3 Å². The smallest absolute Gasteiger partial charge is 0.462 e. The van der Waals surface area contributed by atoms with Gasteiger partial charge >= 0.3 is 39.5 Å². The number of aliphatic hydroxyl groups is 1. The van der Waals surface area contributed by atoms with E-state index in [1.54, 1.807) is 0 Å². The van der Waals surface area contributed by atoms with E-state index < -0.39 is 97.5 Å². The molecule has 0 aliphatic rings. The van der Waals surface area contributed by atoms with Crippen LogP contribution in [0, 0.1) is 17.8 Å². The first kappa shape index (κ1) is 92.1. The van der Waals surface area contributed by atoms with E-state index in [0.29, 0.717) is 25.7 Å². The van der Waals surface area contributed by atoms with E-state index in [0.717, 1.165) is 108 Å². The topological polar surface area (TPSA) is 237 Å². The van der Waals surface area contributed by atoms with Gasteiger partial charge < -0.3 is 33.8 Å². The highest BCUT2D eigenvalue weighted by atomic mass is 31.2. The lowest BCUT2D eigenvalue weighted by atomic mass is 9.99. The van der Waals surface area contributed by atoms with Gasteiger partial charge in [-0.25, -0.2) is 9.13 Å². The minimum Gasteiger partial charge on any atom is -0.462 e. The Morgan fingerprint density at radius 2 is 0.543 bits per heavy atom. The van der Waals surface area contributed by atoms with Gasteiger partial charge in [-0.15, -0.1) is 0 Å². The summed E-state index contributed by atoms with van der Waals surface area (Å²) in [6.45, 7) is 12.0. The molecule has 0 heterocycles. The predicted molar refractivity (Wildman–Crippen MR) is 381 cm³/mol. The van der Waals surface area contributed by atoms with E-state index in [2.05, 4.69) is 48.5 Å². The van der Waals surface area contributed by atoms with Gasteiger partial charge in [-0.2, -0.15) is 0 Å². The standard InChI is InChI=1S/C75H146O17P2/c1-8-11-12-13-14-25-35-42-49-56-72(77)85-62-70(92-75(80)59-52-45-38-31-24-22-28-34-41-48-55-68(7)10-3)64-89-93(81,82)87-60-69(76)61-88-94(83,84)90-65-71(63-86-73(78)57-50-43-36-29-23-21-27-33-40-47-54-67(6)9-2)91-74(79)58-51-44-37-30-20-18-16-15-17-19-26-32-39-46-53-66(4)5/h66-71,76H,8-65H2,1-7H3,(H,81,82)(H,83,84)/t67?,68?,69-,70+,71+/m0/s1. The molecule has 0 aliphatic heterocycles. The van der Waals surface area contributed by atoms with Crippen molar-refractivity contribution >= 4 is 39.5 Å². The Bertz CT molecular complexity index is 1840. The van der Waals surface area contributed by atoms with Crippen molar-refractivity contribution in [2.24, 2.45) is 17.8 Å². The largest absolute Gasteiger partial charge is 0.472 e. The Morgan fingerprint density at radius 3 is 0.809 bits per heavy atom. The number of ether oxygens (including phenoxy) is 4. The SMILES string of the molecule is CCCCCCCCCCCC(=O)OC[C@H](COP(=O)(O)OC[C@H](O)COP(=O)(O)OC[C@@H](COC(=O)CCCCCCCCCCCCC(C)CC)OC(=O)CCCCCCCCCCCCCCCCC(C)C)OC(=O)CCCCCCCCCCCCC(C)CC. The quantitative estimate of drug-likeness (QED) is 0.0222. The summed E-state index contributed by atoms with van der Waals surface area (Å²) in [6, 6.07) is 0. The lowest BCUT2D eigenvalue weighted by molar-refractivity contribution is -0.161. The average Bonchev–Trinajstić information content (AvgIpc) is 1.28. The van der Waals surface area contributed by atoms with E-state index in [1.165, 1.54) is 193 Å². The summed E-state index contributed by atoms with van der Waals surface area (Å²) in [7, 11) is -9.91. The number of phosphoric ester groups is 2. The molecule has 0 aromatic rings. The first-order chi connectivity index (χ1) is 45.3. The van der Waals surface area contributed by atoms with E-state index in [4.69, 9.17) is 37.0 Å². The third-order valence-corrected chi connectivity index (χ3v) is 20.0. The molecule has 94 heavy (non-hydrogen) atoms. The number of hydrogen-bond acceptors (Lipinski definition) is 15. The summed E-state index contributed by atoms with van der Waals surface area (Å²) in [5.74, 6) is 0.288. The van der Waals surface area contributed by atoms with Crippen molar-refractivity contribution in [3.05, 3.63) is 0 Å². The van der Waals surface area contributed by atoms with Gasteiger partial charge in [0.2, 0.25) is 0 Å². The van der Waals surface area contributed by atoms with E-state index >= 15 is 0 Å². The van der Waals surface area contributed by atoms with Crippen LogP contribution in [0.4, 0.5) is 0 Å². The molecule has 0 rings (SSSR count). The highest BCUT2D eigenvalue weighted by molar-refractivity contribution is 7.47. The van der Waals surface area contributed by atoms with Crippen molar-refractivity contribution in [3.63, 3.8) is 0 Å². The number of carbonyl (C=O) groups excluding carboxylic acids is 4. The molecule has 0 radical (unpaired) electrons. The van der Waals surface area contributed by atoms with Gasteiger partial charge in [0.05, 0.1) is 26.4 Å². The molecule has 7 atom stereocenters. The highest BCUT2D eigenvalue weighted by Gasteiger charge is 2.30. The van der Waals surface area contributed by atoms with Gasteiger partial charge in [-0.1, -0.05) is 331 Å². The zero-order chi connectivity index (χ0) is 69.4. The zero-order valence-corrected chi connectivity index (χ0v) is 63.2. The second-order valence-electron chi connectivity index (χ2n) is 28.0. The van der Waals surface area contributed by atoms with Crippen molar-refractivity contribution in [1.82, 2.24) is 0 Å². The molecule has 558 valence electrons. The molecule has 17 nitrogen and oxygen atoms in total. The van der Waals surface area contributed by atoms with Crippen molar-refractivity contribution in [2.75, 3.05) is 39.6 Å². The molecule has 19 heteroatoms. The van der Waals surface area contributed by atoms with Crippen LogP contribution >= 0.6 is 15.6 Å². The second-order valence-corrected chi connectivity index (χ2v) is 30.9. The lowest BCUT2D eigenvalue weighted by Crippen LogP contribution is -2.30. The van der Waals surface area contributed by atoms with Crippen LogP contribution in [0.25, 0.3) is 0 Å². The first-order valence-electron chi connectivity index (χ1n) is 38.9. The third-order valence-electron chi connectivity index (χ3n) is 18.1. The fraction of sp³-hybridized carbons (Fsp3) is 0.947. The molecular formula is C75H146O17P2. The van der Waals surface area contributed by atoms with Crippen LogP contribution < -0.4 is 0 Å². The van der Waals surface area contributed by atoms with Gasteiger partial charge in [-0.05, 0) is 43.4 Å². The van der Waals surface area contributed by atoms with Gasteiger partial charge in [0.15, 0.2) is 12.2 Å². The normalized spacial score (nSPS) is 14.7. The third kappa shape index (κ3) is 66.0. The van der Waals surface area contributed by atoms with Crippen molar-refractivity contribution in [2.45, 2.75) is 401 Å². The van der Waals surface area contributed by atoms with E-state index in [1.807, 2.05) is 0 Å². The number of carbonyl (C=O) groups is 4. The molecule has 3 N–H and O–H groups in total. The van der Waals surface area contributed by atoms with Crippen LogP contribution in [0.3, 0.4) is 0 Å². The summed E-state index contributed by atoms with van der Waals surface area (Å²) < 4.78 is 68.5. The molecule has 0 spiro atoms. The Kier molecular flexibility index (Phi) is 64.3. The van der Waals surface area contributed by atoms with E-state index in [9.17, 15) is 43.2 Å². The molecule has 0 bridgehead atoms. The Hall–Kier alpha value is -1.94. The highest BCUT2D eigenvalue weighted by Crippen LogP contribution is 2.45. The number of aliphatic hydroxyl groups excluding tert-OH is 1. The fourth-order valence-corrected chi connectivity index (χ4v) is 12.9. The molecule has 4 unspecified atom stereocenters. The Balaban J connectivity index is 5.25. The fourth-order valence-electron chi connectivity index (χ4n) is 11.4. The first-order valence-corrected chi connectivity index (χ1v) is 41.9. The number of unbranched alkanes of at least 4 members (excludes halogenated alkanes) is 39. The summed E-state index contributed by atoms with van der Waals surface area (Å²) in [4.78, 5) is 72.8. The average molecular weight is 1380 g/mol. The van der Waals surface area contributed by atoms with Crippen molar-refractivity contribution in [3.8, 4) is 0 Å². The number of phosphoric acid groups is 2. The zero-order valence-electron chi connectivity index (χ0n) is 61.4. The van der Waals surface area contributed by atoms with Crippen molar-refractivity contribution in [1.29, 1.82) is 0 Å². The van der Waals surface area contributed by atoms with Crippen LogP contribution in [0.2, 0.25) is 0 Å². The van der Waals surface area contributed by atoms with Crippen LogP contribution in [0.1, 0.15) is 382 Å². The van der Waals surface area contributed by atoms with Crippen LogP contribution in [0.5, 0.6) is 0 Å². The molecule has 0 fully saturated rings. The monoisotopic (exact) mass is 1380 g/mol. The second kappa shape index (κ2) is 65.7. The number of hydrogen-bond donors (Lipinski definition) is 3. The number of esters is 4. The molecule has 0 saturated heterocycles. The predicted octanol–water partition coefficient (Wildman–Crippen LogP) is 21.8. The lowest BCUT2D eigenvalue weighted by Gasteiger charge is -2.21.